The fourth-order valence-corrected chi connectivity index (χ4v) is 3.68. The van der Waals surface area contributed by atoms with Gasteiger partial charge in [0.1, 0.15) is 6.61 Å². The third-order valence-corrected chi connectivity index (χ3v) is 5.28. The molecular formula is C19H15ClN2O6S. The van der Waals surface area contributed by atoms with Crippen molar-refractivity contribution in [3.8, 4) is 11.5 Å². The van der Waals surface area contributed by atoms with Crippen molar-refractivity contribution in [1.82, 2.24) is 4.90 Å². The van der Waals surface area contributed by atoms with Crippen LogP contribution >= 0.6 is 23.4 Å². The van der Waals surface area contributed by atoms with Gasteiger partial charge in [0.05, 0.1) is 22.0 Å². The molecule has 0 aliphatic carbocycles. The van der Waals surface area contributed by atoms with Crippen LogP contribution in [0.5, 0.6) is 11.5 Å². The van der Waals surface area contributed by atoms with Crippen LogP contribution in [0.3, 0.4) is 0 Å². The number of imide groups is 1. The number of carbonyl (C=O) groups is 2. The minimum atomic E-state index is -0.482. The number of hydrogen-bond donors (Lipinski definition) is 0. The third kappa shape index (κ3) is 4.52. The van der Waals surface area contributed by atoms with Crippen LogP contribution in [0, 0.1) is 10.1 Å². The van der Waals surface area contributed by atoms with E-state index in [1.165, 1.54) is 26.3 Å². The van der Waals surface area contributed by atoms with Crippen LogP contribution in [-0.2, 0) is 11.4 Å². The van der Waals surface area contributed by atoms with Crippen LogP contribution in [0.2, 0.25) is 5.02 Å². The fourth-order valence-electron chi connectivity index (χ4n) is 2.58. The molecule has 2 aromatic carbocycles. The highest BCUT2D eigenvalue weighted by Crippen LogP contribution is 2.39. The normalized spacial score (nSPS) is 15.1. The maximum absolute atomic E-state index is 12.0. The topological polar surface area (TPSA) is 99.0 Å². The van der Waals surface area contributed by atoms with Gasteiger partial charge in [-0.05, 0) is 41.1 Å². The van der Waals surface area contributed by atoms with Crippen LogP contribution in [0.15, 0.2) is 41.3 Å². The lowest BCUT2D eigenvalue weighted by Gasteiger charge is -2.13. The molecule has 0 spiro atoms. The average molecular weight is 435 g/mol. The Morgan fingerprint density at radius 3 is 2.66 bits per heavy atom. The molecule has 3 rings (SSSR count). The molecule has 1 fully saturated rings. The van der Waals surface area contributed by atoms with E-state index in [9.17, 15) is 19.7 Å². The van der Waals surface area contributed by atoms with Crippen LogP contribution in [-0.4, -0.2) is 35.1 Å². The van der Waals surface area contributed by atoms with Crippen molar-refractivity contribution in [2.24, 2.45) is 0 Å². The summed E-state index contributed by atoms with van der Waals surface area (Å²) in [4.78, 5) is 35.4. The van der Waals surface area contributed by atoms with E-state index < -0.39 is 4.92 Å². The molecule has 0 aromatic heterocycles. The number of benzene rings is 2. The molecule has 0 atom stereocenters. The zero-order valence-corrected chi connectivity index (χ0v) is 17.0. The van der Waals surface area contributed by atoms with E-state index in [4.69, 9.17) is 21.1 Å². The first kappa shape index (κ1) is 20.7. The molecule has 29 heavy (non-hydrogen) atoms. The average Bonchev–Trinajstić information content (AvgIpc) is 2.93. The highest BCUT2D eigenvalue weighted by atomic mass is 35.5. The molecule has 150 valence electrons. The maximum atomic E-state index is 12.0. The van der Waals surface area contributed by atoms with Crippen LogP contribution in [0.4, 0.5) is 10.5 Å². The Bertz CT molecular complexity index is 1040. The quantitative estimate of drug-likeness (QED) is 0.375. The number of nitro groups is 1. The molecule has 10 heteroatoms. The van der Waals surface area contributed by atoms with Gasteiger partial charge >= 0.3 is 0 Å². The first-order valence-electron chi connectivity index (χ1n) is 8.25. The summed E-state index contributed by atoms with van der Waals surface area (Å²) < 4.78 is 11.1. The molecule has 0 bridgehead atoms. The predicted octanol–water partition coefficient (Wildman–Crippen LogP) is 4.50. The maximum Gasteiger partial charge on any atom is 0.293 e. The number of hydrogen-bond acceptors (Lipinski definition) is 7. The zero-order valence-electron chi connectivity index (χ0n) is 15.4. The number of non-ortho nitro benzene ring substituents is 1. The van der Waals surface area contributed by atoms with Crippen molar-refractivity contribution >= 4 is 46.3 Å². The number of methoxy groups -OCH3 is 1. The Morgan fingerprint density at radius 1 is 1.28 bits per heavy atom. The minimum Gasteiger partial charge on any atom is -0.493 e. The van der Waals surface area contributed by atoms with E-state index in [-0.39, 0.29) is 39.1 Å². The second-order valence-corrected chi connectivity index (χ2v) is 7.39. The second kappa shape index (κ2) is 8.54. The smallest absolute Gasteiger partial charge is 0.293 e. The van der Waals surface area contributed by atoms with E-state index in [1.54, 1.807) is 30.3 Å². The predicted molar refractivity (Wildman–Crippen MR) is 109 cm³/mol. The molecular weight excluding hydrogens is 420 g/mol. The number of ether oxygens (including phenoxy) is 2. The van der Waals surface area contributed by atoms with Gasteiger partial charge in [0.2, 0.25) is 0 Å². The molecule has 0 N–H and O–H groups in total. The number of nitrogens with zero attached hydrogens (tertiary/aromatic N) is 2. The Morgan fingerprint density at radius 2 is 2.03 bits per heavy atom. The van der Waals surface area contributed by atoms with Gasteiger partial charge in [-0.3, -0.25) is 24.6 Å². The molecule has 1 saturated heterocycles. The standard InChI is InChI=1S/C19H15ClN2O6S/c1-21-18(23)16(29-19(21)24)9-12-7-14(20)17(15(8-12)27-2)28-10-11-4-3-5-13(6-11)22(25)26/h3-9H,10H2,1-2H3/b16-9-. The summed E-state index contributed by atoms with van der Waals surface area (Å²) >= 11 is 7.17. The fraction of sp³-hybridized carbons (Fsp3) is 0.158. The van der Waals surface area contributed by atoms with Gasteiger partial charge in [-0.1, -0.05) is 23.7 Å². The molecule has 1 heterocycles. The summed E-state index contributed by atoms with van der Waals surface area (Å²) in [6.07, 6.45) is 1.55. The number of amides is 2. The van der Waals surface area contributed by atoms with Gasteiger partial charge in [0.15, 0.2) is 11.5 Å². The van der Waals surface area contributed by atoms with Crippen LogP contribution in [0.25, 0.3) is 6.08 Å². The van der Waals surface area contributed by atoms with Crippen molar-refractivity contribution < 1.29 is 24.0 Å². The molecule has 0 unspecified atom stereocenters. The van der Waals surface area contributed by atoms with Gasteiger partial charge < -0.3 is 9.47 Å². The second-order valence-electron chi connectivity index (χ2n) is 5.99. The van der Waals surface area contributed by atoms with Crippen molar-refractivity contribution in [1.29, 1.82) is 0 Å². The largest absolute Gasteiger partial charge is 0.493 e. The molecule has 1 aliphatic heterocycles. The first-order chi connectivity index (χ1) is 13.8. The minimum absolute atomic E-state index is 0.0376. The number of carbonyl (C=O) groups excluding carboxylic acids is 2. The molecule has 0 saturated carbocycles. The SMILES string of the molecule is COc1cc(/C=C2\SC(=O)N(C)C2=O)cc(Cl)c1OCc1cccc([N+](=O)[O-])c1. The summed E-state index contributed by atoms with van der Waals surface area (Å²) in [6, 6.07) is 9.27. The van der Waals surface area contributed by atoms with E-state index in [0.717, 1.165) is 16.7 Å². The highest BCUT2D eigenvalue weighted by Gasteiger charge is 2.31. The number of thioether (sulfide) groups is 1. The molecule has 2 amide bonds. The van der Waals surface area contributed by atoms with Gasteiger partial charge in [0, 0.05) is 19.2 Å². The Labute approximate surface area is 175 Å². The molecule has 1 aliphatic rings. The van der Waals surface area contributed by atoms with Crippen molar-refractivity contribution in [3.05, 3.63) is 67.6 Å². The summed E-state index contributed by atoms with van der Waals surface area (Å²) in [6.45, 7) is 0.0475. The molecule has 0 radical (unpaired) electrons. The summed E-state index contributed by atoms with van der Waals surface area (Å²) in [7, 11) is 2.85. The van der Waals surface area contributed by atoms with E-state index >= 15 is 0 Å². The van der Waals surface area contributed by atoms with Crippen LogP contribution < -0.4 is 9.47 Å². The Hall–Kier alpha value is -3.04. The number of halogens is 1. The number of nitro benzene ring substituents is 1. The van der Waals surface area contributed by atoms with Gasteiger partial charge in [0.25, 0.3) is 16.8 Å². The van der Waals surface area contributed by atoms with Crippen molar-refractivity contribution in [2.75, 3.05) is 14.2 Å². The number of likely N-dealkylation sites (N-methyl/N-ethyl adjacent to an activating group) is 1. The zero-order chi connectivity index (χ0) is 21.1. The highest BCUT2D eigenvalue weighted by molar-refractivity contribution is 8.18. The molecule has 2 aromatic rings. The van der Waals surface area contributed by atoms with Gasteiger partial charge in [-0.2, -0.15) is 0 Å². The Kier molecular flexibility index (Phi) is 6.09. The van der Waals surface area contributed by atoms with E-state index in [2.05, 4.69) is 0 Å². The van der Waals surface area contributed by atoms with Crippen molar-refractivity contribution in [3.63, 3.8) is 0 Å². The van der Waals surface area contributed by atoms with E-state index in [1.807, 2.05) is 0 Å². The number of rotatable bonds is 6. The van der Waals surface area contributed by atoms with Crippen molar-refractivity contribution in [2.45, 2.75) is 6.61 Å². The lowest BCUT2D eigenvalue weighted by molar-refractivity contribution is -0.384. The lowest BCUT2D eigenvalue weighted by atomic mass is 10.1. The van der Waals surface area contributed by atoms with Gasteiger partial charge in [-0.25, -0.2) is 0 Å². The summed E-state index contributed by atoms with van der Waals surface area (Å²) in [5.74, 6) is 0.201. The van der Waals surface area contributed by atoms with Gasteiger partial charge in [-0.15, -0.1) is 0 Å². The first-order valence-corrected chi connectivity index (χ1v) is 9.45. The summed E-state index contributed by atoms with van der Waals surface area (Å²) in [5.41, 5.74) is 1.12. The van der Waals surface area contributed by atoms with Crippen LogP contribution in [0.1, 0.15) is 11.1 Å². The monoisotopic (exact) mass is 434 g/mol. The lowest BCUT2D eigenvalue weighted by Crippen LogP contribution is -2.22. The molecule has 8 nitrogen and oxygen atoms in total. The summed E-state index contributed by atoms with van der Waals surface area (Å²) in [5, 5.41) is 10.8. The third-order valence-electron chi connectivity index (χ3n) is 4.04. The Balaban J connectivity index is 1.84. The van der Waals surface area contributed by atoms with E-state index in [0.29, 0.717) is 16.9 Å².